The van der Waals surface area contributed by atoms with Crippen LogP contribution in [0, 0.1) is 13.8 Å². The molecule has 0 N–H and O–H groups in total. The SMILES string of the molecule is Cc1noc(C)c1[C@@H](C)C(=O)N1CCC[C@H](c2noc(C(C)C)n2)C1. The lowest BCUT2D eigenvalue weighted by atomic mass is 9.93. The Morgan fingerprint density at radius 1 is 1.20 bits per heavy atom. The molecule has 0 aliphatic carbocycles. The van der Waals surface area contributed by atoms with Crippen molar-refractivity contribution in [1.29, 1.82) is 0 Å². The number of carbonyl (C=O) groups is 1. The number of hydrogen-bond donors (Lipinski definition) is 0. The van der Waals surface area contributed by atoms with Crippen molar-refractivity contribution in [3.63, 3.8) is 0 Å². The van der Waals surface area contributed by atoms with Gasteiger partial charge in [-0.15, -0.1) is 0 Å². The molecule has 136 valence electrons. The van der Waals surface area contributed by atoms with Gasteiger partial charge in [-0.1, -0.05) is 24.2 Å². The molecule has 1 aliphatic heterocycles. The fraction of sp³-hybridized carbons (Fsp3) is 0.667. The van der Waals surface area contributed by atoms with Gasteiger partial charge in [0.2, 0.25) is 11.8 Å². The number of amides is 1. The van der Waals surface area contributed by atoms with Crippen LogP contribution in [0.5, 0.6) is 0 Å². The minimum Gasteiger partial charge on any atom is -0.361 e. The van der Waals surface area contributed by atoms with E-state index in [1.165, 1.54) is 0 Å². The normalized spacial score (nSPS) is 19.4. The number of rotatable bonds is 4. The minimum atomic E-state index is -0.263. The summed E-state index contributed by atoms with van der Waals surface area (Å²) in [7, 11) is 0. The second-order valence-corrected chi connectivity index (χ2v) is 7.23. The van der Waals surface area contributed by atoms with Gasteiger partial charge in [0, 0.05) is 30.5 Å². The Labute approximate surface area is 147 Å². The van der Waals surface area contributed by atoms with Crippen LogP contribution in [0.25, 0.3) is 0 Å². The molecule has 25 heavy (non-hydrogen) atoms. The molecule has 0 radical (unpaired) electrons. The largest absolute Gasteiger partial charge is 0.361 e. The summed E-state index contributed by atoms with van der Waals surface area (Å²) in [6.07, 6.45) is 1.91. The van der Waals surface area contributed by atoms with Crippen molar-refractivity contribution >= 4 is 5.91 Å². The molecular weight excluding hydrogens is 320 g/mol. The van der Waals surface area contributed by atoms with E-state index in [1.54, 1.807) is 0 Å². The molecular formula is C18H26N4O3. The number of aromatic nitrogens is 3. The second-order valence-electron chi connectivity index (χ2n) is 7.23. The third kappa shape index (κ3) is 3.45. The van der Waals surface area contributed by atoms with E-state index >= 15 is 0 Å². The minimum absolute atomic E-state index is 0.103. The van der Waals surface area contributed by atoms with Crippen LogP contribution in [0.15, 0.2) is 9.05 Å². The third-order valence-corrected chi connectivity index (χ3v) is 4.94. The quantitative estimate of drug-likeness (QED) is 0.844. The average Bonchev–Trinajstić information content (AvgIpc) is 3.21. The maximum Gasteiger partial charge on any atom is 0.230 e. The number of carbonyl (C=O) groups excluding carboxylic acids is 1. The van der Waals surface area contributed by atoms with E-state index in [2.05, 4.69) is 15.3 Å². The summed E-state index contributed by atoms with van der Waals surface area (Å²) < 4.78 is 10.5. The third-order valence-electron chi connectivity index (χ3n) is 4.94. The number of nitrogens with zero attached hydrogens (tertiary/aromatic N) is 4. The molecule has 1 aliphatic rings. The fourth-order valence-corrected chi connectivity index (χ4v) is 3.54. The average molecular weight is 346 g/mol. The lowest BCUT2D eigenvalue weighted by Crippen LogP contribution is -2.41. The van der Waals surface area contributed by atoms with E-state index in [4.69, 9.17) is 9.05 Å². The first-order valence-corrected chi connectivity index (χ1v) is 8.93. The van der Waals surface area contributed by atoms with Gasteiger partial charge in [-0.3, -0.25) is 4.79 Å². The summed E-state index contributed by atoms with van der Waals surface area (Å²) in [6, 6.07) is 0. The smallest absolute Gasteiger partial charge is 0.230 e. The summed E-state index contributed by atoms with van der Waals surface area (Å²) in [5, 5.41) is 8.10. The number of hydrogen-bond acceptors (Lipinski definition) is 6. The number of piperidine rings is 1. The summed E-state index contributed by atoms with van der Waals surface area (Å²) >= 11 is 0. The molecule has 3 rings (SSSR count). The van der Waals surface area contributed by atoms with Crippen molar-refractivity contribution in [3.05, 3.63) is 28.7 Å². The van der Waals surface area contributed by atoms with E-state index in [0.717, 1.165) is 30.6 Å². The van der Waals surface area contributed by atoms with Crippen LogP contribution in [0.3, 0.4) is 0 Å². The van der Waals surface area contributed by atoms with Crippen molar-refractivity contribution in [2.24, 2.45) is 0 Å². The van der Waals surface area contributed by atoms with Crippen LogP contribution in [0.4, 0.5) is 0 Å². The lowest BCUT2D eigenvalue weighted by molar-refractivity contribution is -0.133. The predicted octanol–water partition coefficient (Wildman–Crippen LogP) is 3.31. The molecule has 1 saturated heterocycles. The zero-order valence-corrected chi connectivity index (χ0v) is 15.6. The highest BCUT2D eigenvalue weighted by atomic mass is 16.5. The van der Waals surface area contributed by atoms with E-state index in [9.17, 15) is 4.79 Å². The Hall–Kier alpha value is -2.18. The first-order valence-electron chi connectivity index (χ1n) is 8.93. The Morgan fingerprint density at radius 3 is 2.56 bits per heavy atom. The Balaban J connectivity index is 1.73. The van der Waals surface area contributed by atoms with Crippen LogP contribution < -0.4 is 0 Å². The summed E-state index contributed by atoms with van der Waals surface area (Å²) in [4.78, 5) is 19.4. The van der Waals surface area contributed by atoms with E-state index in [-0.39, 0.29) is 23.7 Å². The maximum absolute atomic E-state index is 13.0. The van der Waals surface area contributed by atoms with Gasteiger partial charge in [-0.05, 0) is 33.6 Å². The van der Waals surface area contributed by atoms with E-state index in [0.29, 0.717) is 24.0 Å². The molecule has 7 heteroatoms. The lowest BCUT2D eigenvalue weighted by Gasteiger charge is -2.33. The topological polar surface area (TPSA) is 85.3 Å². The standard InChI is InChI=1S/C18H26N4O3/c1-10(2)17-19-16(21-25-17)14-7-6-8-22(9-14)18(23)11(3)15-12(4)20-24-13(15)5/h10-11,14H,6-9H2,1-5H3/t11-,14+/m1/s1. The Morgan fingerprint density at radius 2 is 1.96 bits per heavy atom. The van der Waals surface area contributed by atoms with Crippen LogP contribution in [0.1, 0.15) is 80.1 Å². The van der Waals surface area contributed by atoms with Gasteiger partial charge >= 0.3 is 0 Å². The van der Waals surface area contributed by atoms with Gasteiger partial charge in [0.25, 0.3) is 0 Å². The molecule has 0 bridgehead atoms. The summed E-state index contributed by atoms with van der Waals surface area (Å²) in [6.45, 7) is 11.1. The van der Waals surface area contributed by atoms with Crippen LogP contribution >= 0.6 is 0 Å². The molecule has 0 aromatic carbocycles. The molecule has 2 aromatic rings. The van der Waals surface area contributed by atoms with Crippen molar-refractivity contribution in [2.75, 3.05) is 13.1 Å². The highest BCUT2D eigenvalue weighted by Crippen LogP contribution is 2.30. The van der Waals surface area contributed by atoms with Gasteiger partial charge in [-0.2, -0.15) is 4.98 Å². The van der Waals surface area contributed by atoms with E-state index in [1.807, 2.05) is 39.5 Å². The molecule has 3 heterocycles. The molecule has 7 nitrogen and oxygen atoms in total. The zero-order valence-electron chi connectivity index (χ0n) is 15.6. The van der Waals surface area contributed by atoms with Gasteiger partial charge < -0.3 is 13.9 Å². The second kappa shape index (κ2) is 6.98. The van der Waals surface area contributed by atoms with Gasteiger partial charge in [-0.25, -0.2) is 0 Å². The highest BCUT2D eigenvalue weighted by molar-refractivity contribution is 5.84. The number of aryl methyl sites for hydroxylation is 2. The molecule has 0 spiro atoms. The molecule has 0 unspecified atom stereocenters. The Bertz CT molecular complexity index is 730. The van der Waals surface area contributed by atoms with Crippen LogP contribution in [0.2, 0.25) is 0 Å². The van der Waals surface area contributed by atoms with Gasteiger partial charge in [0.05, 0.1) is 11.6 Å². The van der Waals surface area contributed by atoms with E-state index < -0.39 is 0 Å². The van der Waals surface area contributed by atoms with Crippen LogP contribution in [-0.2, 0) is 4.79 Å². The highest BCUT2D eigenvalue weighted by Gasteiger charge is 2.32. The molecule has 1 amide bonds. The monoisotopic (exact) mass is 346 g/mol. The summed E-state index contributed by atoms with van der Waals surface area (Å²) in [5.74, 6) is 2.27. The van der Waals surface area contributed by atoms with Crippen molar-refractivity contribution < 1.29 is 13.8 Å². The number of likely N-dealkylation sites (tertiary alicyclic amines) is 1. The van der Waals surface area contributed by atoms with Crippen molar-refractivity contribution in [1.82, 2.24) is 20.2 Å². The Kier molecular flexibility index (Phi) is 4.92. The van der Waals surface area contributed by atoms with Gasteiger partial charge in [0.15, 0.2) is 5.82 Å². The molecule has 1 fully saturated rings. The first-order chi connectivity index (χ1) is 11.9. The van der Waals surface area contributed by atoms with Crippen molar-refractivity contribution in [2.45, 2.75) is 65.2 Å². The van der Waals surface area contributed by atoms with Gasteiger partial charge in [0.1, 0.15) is 5.76 Å². The molecule has 2 atom stereocenters. The van der Waals surface area contributed by atoms with Crippen molar-refractivity contribution in [3.8, 4) is 0 Å². The molecule has 2 aromatic heterocycles. The summed E-state index contributed by atoms with van der Waals surface area (Å²) in [5.41, 5.74) is 1.68. The molecule has 0 saturated carbocycles. The maximum atomic E-state index is 13.0. The first kappa shape index (κ1) is 17.6. The predicted molar refractivity (Wildman–Crippen MR) is 91.3 cm³/mol. The van der Waals surface area contributed by atoms with Crippen LogP contribution in [-0.4, -0.2) is 39.2 Å². The zero-order chi connectivity index (χ0) is 18.1. The fourth-order valence-electron chi connectivity index (χ4n) is 3.54.